The Morgan fingerprint density at radius 1 is 1.00 bits per heavy atom. The first-order valence-corrected chi connectivity index (χ1v) is 13.1. The maximum absolute atomic E-state index is 13.5. The maximum atomic E-state index is 13.5. The zero-order valence-corrected chi connectivity index (χ0v) is 22.9. The zero-order chi connectivity index (χ0) is 26.9. The molecule has 0 spiro atoms. The highest BCUT2D eigenvalue weighted by Gasteiger charge is 2.25. The fourth-order valence-corrected chi connectivity index (χ4v) is 4.56. The third-order valence-electron chi connectivity index (χ3n) is 6.95. The number of nitrogens with zero attached hydrogens (tertiary/aromatic N) is 3. The van der Waals surface area contributed by atoms with Crippen molar-refractivity contribution in [1.29, 1.82) is 0 Å². The van der Waals surface area contributed by atoms with Crippen LogP contribution >= 0.6 is 0 Å². The maximum Gasteiger partial charge on any atom is 0.251 e. The van der Waals surface area contributed by atoms with Gasteiger partial charge >= 0.3 is 0 Å². The van der Waals surface area contributed by atoms with E-state index in [1.807, 2.05) is 33.7 Å². The molecule has 2 atom stereocenters. The minimum absolute atomic E-state index is 0.106. The molecular formula is C29H40N4O4. The van der Waals surface area contributed by atoms with E-state index in [2.05, 4.69) is 33.0 Å². The highest BCUT2D eigenvalue weighted by Crippen LogP contribution is 2.27. The largest absolute Gasteiger partial charge is 0.493 e. The molecule has 1 heterocycles. The van der Waals surface area contributed by atoms with Crippen molar-refractivity contribution in [3.63, 3.8) is 0 Å². The molecule has 0 aliphatic carbocycles. The van der Waals surface area contributed by atoms with E-state index in [-0.39, 0.29) is 30.4 Å². The summed E-state index contributed by atoms with van der Waals surface area (Å²) in [6, 6.07) is 13.4. The van der Waals surface area contributed by atoms with Gasteiger partial charge in [0.05, 0.1) is 25.3 Å². The van der Waals surface area contributed by atoms with Crippen molar-refractivity contribution in [2.24, 2.45) is 0 Å². The number of hydrogen-bond acceptors (Lipinski definition) is 5. The lowest BCUT2D eigenvalue weighted by Gasteiger charge is -2.34. The van der Waals surface area contributed by atoms with Gasteiger partial charge in [0, 0.05) is 30.6 Å². The van der Waals surface area contributed by atoms with Crippen molar-refractivity contribution in [2.45, 2.75) is 72.0 Å². The summed E-state index contributed by atoms with van der Waals surface area (Å²) >= 11 is 0. The third-order valence-corrected chi connectivity index (χ3v) is 6.95. The lowest BCUT2D eigenvalue weighted by molar-refractivity contribution is -0.136. The minimum atomic E-state index is -0.178. The van der Waals surface area contributed by atoms with Gasteiger partial charge in [0.1, 0.15) is 12.4 Å². The lowest BCUT2D eigenvalue weighted by Crippen LogP contribution is -2.45. The number of aryl methyl sites for hydroxylation is 1. The van der Waals surface area contributed by atoms with Crippen LogP contribution in [-0.2, 0) is 17.8 Å². The van der Waals surface area contributed by atoms with Gasteiger partial charge in [0.15, 0.2) is 11.5 Å². The standard InChI is InChI=1S/C29H40N4O4/c1-7-20(3)33(21(4)8-2)28(34)19-32-24-13-10-9-12-23(24)31-27(32)14-11-17-30-29(35)22-15-16-25(36-5)26(18-22)37-6/h9-10,12-13,15-16,18,20-21H,7-8,11,14,17,19H2,1-6H3,(H,30,35). The molecule has 0 aliphatic heterocycles. The molecule has 37 heavy (non-hydrogen) atoms. The Morgan fingerprint density at radius 2 is 1.68 bits per heavy atom. The molecule has 2 unspecified atom stereocenters. The molecule has 0 saturated heterocycles. The number of ether oxygens (including phenoxy) is 2. The number of fused-ring (bicyclic) bond motifs is 1. The summed E-state index contributed by atoms with van der Waals surface area (Å²) in [5.74, 6) is 1.87. The van der Waals surface area contributed by atoms with Gasteiger partial charge in [-0.2, -0.15) is 0 Å². The van der Waals surface area contributed by atoms with Crippen LogP contribution in [0, 0.1) is 0 Å². The SMILES string of the molecule is CCC(C)N(C(=O)Cn1c(CCCNC(=O)c2ccc(OC)c(OC)c2)nc2ccccc21)C(C)CC. The van der Waals surface area contributed by atoms with Crippen molar-refractivity contribution < 1.29 is 19.1 Å². The minimum Gasteiger partial charge on any atom is -0.493 e. The van der Waals surface area contributed by atoms with E-state index < -0.39 is 0 Å². The quantitative estimate of drug-likeness (QED) is 0.334. The second-order valence-corrected chi connectivity index (χ2v) is 9.35. The van der Waals surface area contributed by atoms with Crippen LogP contribution in [0.15, 0.2) is 42.5 Å². The van der Waals surface area contributed by atoms with Crippen LogP contribution in [0.5, 0.6) is 11.5 Å². The number of hydrogen-bond donors (Lipinski definition) is 1. The van der Waals surface area contributed by atoms with Crippen LogP contribution in [0.1, 0.15) is 63.1 Å². The predicted octanol–water partition coefficient (Wildman–Crippen LogP) is 4.84. The highest BCUT2D eigenvalue weighted by molar-refractivity contribution is 5.94. The monoisotopic (exact) mass is 508 g/mol. The van der Waals surface area contributed by atoms with Crippen LogP contribution in [0.4, 0.5) is 0 Å². The molecule has 8 heteroatoms. The van der Waals surface area contributed by atoms with E-state index in [0.29, 0.717) is 36.4 Å². The summed E-state index contributed by atoms with van der Waals surface area (Å²) in [5.41, 5.74) is 2.33. The molecule has 1 aromatic heterocycles. The van der Waals surface area contributed by atoms with Crippen LogP contribution in [0.25, 0.3) is 11.0 Å². The predicted molar refractivity (Wildman–Crippen MR) is 146 cm³/mol. The van der Waals surface area contributed by atoms with E-state index in [4.69, 9.17) is 14.5 Å². The average molecular weight is 509 g/mol. The van der Waals surface area contributed by atoms with E-state index in [1.54, 1.807) is 32.4 Å². The number of benzene rings is 2. The van der Waals surface area contributed by atoms with Crippen LogP contribution in [0.2, 0.25) is 0 Å². The number of aromatic nitrogens is 2. The summed E-state index contributed by atoms with van der Waals surface area (Å²) in [6.45, 7) is 9.18. The van der Waals surface area contributed by atoms with Crippen molar-refractivity contribution in [3.8, 4) is 11.5 Å². The Labute approximate surface area is 220 Å². The van der Waals surface area contributed by atoms with Gasteiger partial charge in [-0.25, -0.2) is 4.98 Å². The molecule has 2 aromatic carbocycles. The van der Waals surface area contributed by atoms with E-state index in [1.165, 1.54) is 0 Å². The summed E-state index contributed by atoms with van der Waals surface area (Å²) < 4.78 is 12.6. The molecule has 2 amide bonds. The average Bonchev–Trinajstić information content (AvgIpc) is 3.27. The number of amides is 2. The van der Waals surface area contributed by atoms with Crippen molar-refractivity contribution >= 4 is 22.8 Å². The normalized spacial score (nSPS) is 12.7. The molecule has 3 rings (SSSR count). The van der Waals surface area contributed by atoms with Gasteiger partial charge in [-0.1, -0.05) is 26.0 Å². The Kier molecular flexibility index (Phi) is 9.94. The molecule has 1 N–H and O–H groups in total. The van der Waals surface area contributed by atoms with Gasteiger partial charge in [-0.05, 0) is 63.4 Å². The number of imidazole rings is 1. The Bertz CT molecular complexity index is 1200. The first kappa shape index (κ1) is 28.0. The number of carbonyl (C=O) groups is 2. The molecule has 0 saturated carbocycles. The molecule has 200 valence electrons. The lowest BCUT2D eigenvalue weighted by atomic mass is 10.1. The van der Waals surface area contributed by atoms with Gasteiger partial charge in [-0.3, -0.25) is 9.59 Å². The Morgan fingerprint density at radius 3 is 2.32 bits per heavy atom. The molecular weight excluding hydrogens is 468 g/mol. The van der Waals surface area contributed by atoms with Gasteiger partial charge in [0.2, 0.25) is 5.91 Å². The van der Waals surface area contributed by atoms with E-state index in [9.17, 15) is 9.59 Å². The molecule has 0 radical (unpaired) electrons. The number of nitrogens with one attached hydrogen (secondary N) is 1. The molecule has 3 aromatic rings. The highest BCUT2D eigenvalue weighted by atomic mass is 16.5. The van der Waals surface area contributed by atoms with E-state index >= 15 is 0 Å². The smallest absolute Gasteiger partial charge is 0.251 e. The Balaban J connectivity index is 1.70. The summed E-state index contributed by atoms with van der Waals surface area (Å²) in [4.78, 5) is 33.0. The van der Waals surface area contributed by atoms with E-state index in [0.717, 1.165) is 29.7 Å². The fourth-order valence-electron chi connectivity index (χ4n) is 4.56. The van der Waals surface area contributed by atoms with Gasteiger partial charge < -0.3 is 24.3 Å². The fraction of sp³-hybridized carbons (Fsp3) is 0.483. The summed E-state index contributed by atoms with van der Waals surface area (Å²) in [5, 5.41) is 2.97. The zero-order valence-electron chi connectivity index (χ0n) is 22.9. The number of para-hydroxylation sites is 2. The first-order chi connectivity index (χ1) is 17.8. The topological polar surface area (TPSA) is 85.7 Å². The van der Waals surface area contributed by atoms with Gasteiger partial charge in [0.25, 0.3) is 5.91 Å². The van der Waals surface area contributed by atoms with Crippen LogP contribution in [0.3, 0.4) is 0 Å². The first-order valence-electron chi connectivity index (χ1n) is 13.1. The molecule has 0 bridgehead atoms. The number of methoxy groups -OCH3 is 2. The molecule has 0 aliphatic rings. The van der Waals surface area contributed by atoms with Crippen LogP contribution in [-0.4, -0.2) is 59.1 Å². The van der Waals surface area contributed by atoms with Crippen molar-refractivity contribution in [1.82, 2.24) is 19.8 Å². The van der Waals surface area contributed by atoms with Crippen LogP contribution < -0.4 is 14.8 Å². The van der Waals surface area contributed by atoms with Crippen molar-refractivity contribution in [3.05, 3.63) is 53.9 Å². The summed E-state index contributed by atoms with van der Waals surface area (Å²) in [6.07, 6.45) is 3.15. The number of rotatable bonds is 13. The van der Waals surface area contributed by atoms with Crippen molar-refractivity contribution in [2.75, 3.05) is 20.8 Å². The number of carbonyl (C=O) groups excluding carboxylic acids is 2. The summed E-state index contributed by atoms with van der Waals surface area (Å²) in [7, 11) is 3.10. The third kappa shape index (κ3) is 6.61. The molecule has 8 nitrogen and oxygen atoms in total. The second kappa shape index (κ2) is 13.1. The second-order valence-electron chi connectivity index (χ2n) is 9.35. The Hall–Kier alpha value is -3.55. The van der Waals surface area contributed by atoms with Gasteiger partial charge in [-0.15, -0.1) is 0 Å². The molecule has 0 fully saturated rings.